The minimum atomic E-state index is 0.633. The Balaban J connectivity index is 1.85. The summed E-state index contributed by atoms with van der Waals surface area (Å²) in [4.78, 5) is 5.64. The van der Waals surface area contributed by atoms with E-state index >= 15 is 0 Å². The van der Waals surface area contributed by atoms with Crippen LogP contribution in [0.3, 0.4) is 0 Å². The van der Waals surface area contributed by atoms with Crippen molar-refractivity contribution in [1.29, 1.82) is 0 Å². The summed E-state index contributed by atoms with van der Waals surface area (Å²) in [5, 5.41) is 3.28. The molecule has 0 atom stereocenters. The van der Waals surface area contributed by atoms with Crippen LogP contribution in [0.4, 0.5) is 5.82 Å². The van der Waals surface area contributed by atoms with E-state index in [4.69, 9.17) is 4.74 Å². The first-order valence-corrected chi connectivity index (χ1v) is 6.88. The summed E-state index contributed by atoms with van der Waals surface area (Å²) < 4.78 is 6.24. The topological polar surface area (TPSA) is 34.1 Å². The second-order valence-electron chi connectivity index (χ2n) is 3.45. The van der Waals surface area contributed by atoms with Gasteiger partial charge in [-0.3, -0.25) is 0 Å². The maximum Gasteiger partial charge on any atom is 0.214 e. The highest BCUT2D eigenvalue weighted by Crippen LogP contribution is 2.22. The molecule has 0 bridgehead atoms. The Labute approximate surface area is 113 Å². The number of methoxy groups -OCH3 is 1. The molecule has 0 saturated carbocycles. The summed E-state index contributed by atoms with van der Waals surface area (Å²) in [5.41, 5.74) is 0. The SMILES string of the molecule is COc1cccc(NCCc2ccc(Br)s2)n1. The molecule has 17 heavy (non-hydrogen) atoms. The fourth-order valence-electron chi connectivity index (χ4n) is 1.43. The van der Waals surface area contributed by atoms with Crippen LogP contribution in [0.5, 0.6) is 5.88 Å². The molecular formula is C12H13BrN2OS. The Bertz CT molecular complexity index is 487. The first-order chi connectivity index (χ1) is 8.28. The van der Waals surface area contributed by atoms with Crippen molar-refractivity contribution < 1.29 is 4.74 Å². The number of anilines is 1. The molecule has 2 rings (SSSR count). The van der Waals surface area contributed by atoms with E-state index in [0.29, 0.717) is 5.88 Å². The van der Waals surface area contributed by atoms with Gasteiger partial charge in [-0.15, -0.1) is 11.3 Å². The van der Waals surface area contributed by atoms with Crippen molar-refractivity contribution in [3.63, 3.8) is 0 Å². The highest BCUT2D eigenvalue weighted by Gasteiger charge is 1.99. The zero-order chi connectivity index (χ0) is 12.1. The zero-order valence-electron chi connectivity index (χ0n) is 9.44. The highest BCUT2D eigenvalue weighted by molar-refractivity contribution is 9.11. The van der Waals surface area contributed by atoms with Crippen molar-refractivity contribution in [3.8, 4) is 5.88 Å². The first kappa shape index (κ1) is 12.4. The third-order valence-electron chi connectivity index (χ3n) is 2.24. The van der Waals surface area contributed by atoms with Crippen molar-refractivity contribution in [2.45, 2.75) is 6.42 Å². The maximum atomic E-state index is 5.07. The molecule has 0 saturated heterocycles. The number of nitrogens with zero attached hydrogens (tertiary/aromatic N) is 1. The lowest BCUT2D eigenvalue weighted by atomic mass is 10.3. The lowest BCUT2D eigenvalue weighted by Crippen LogP contribution is -2.05. The number of thiophene rings is 1. The molecule has 3 nitrogen and oxygen atoms in total. The molecule has 5 heteroatoms. The maximum absolute atomic E-state index is 5.07. The third-order valence-corrected chi connectivity index (χ3v) is 3.92. The predicted octanol–water partition coefficient (Wildman–Crippen LogP) is 3.57. The van der Waals surface area contributed by atoms with Crippen molar-refractivity contribution in [2.75, 3.05) is 19.0 Å². The van der Waals surface area contributed by atoms with Gasteiger partial charge < -0.3 is 10.1 Å². The Kier molecular flexibility index (Phi) is 4.39. The van der Waals surface area contributed by atoms with Crippen LogP contribution in [-0.2, 0) is 6.42 Å². The van der Waals surface area contributed by atoms with Gasteiger partial charge in [0.05, 0.1) is 10.9 Å². The molecule has 0 aliphatic carbocycles. The smallest absolute Gasteiger partial charge is 0.214 e. The van der Waals surface area contributed by atoms with Gasteiger partial charge in [0.15, 0.2) is 0 Å². The van der Waals surface area contributed by atoms with Crippen LogP contribution in [0.1, 0.15) is 4.88 Å². The first-order valence-electron chi connectivity index (χ1n) is 5.27. The molecule has 0 fully saturated rings. The van der Waals surface area contributed by atoms with Crippen LogP contribution < -0.4 is 10.1 Å². The third kappa shape index (κ3) is 3.71. The normalized spacial score (nSPS) is 10.2. The van der Waals surface area contributed by atoms with Crippen LogP contribution in [0.25, 0.3) is 0 Å². The van der Waals surface area contributed by atoms with Gasteiger partial charge >= 0.3 is 0 Å². The molecule has 0 aliphatic heterocycles. The summed E-state index contributed by atoms with van der Waals surface area (Å²) >= 11 is 5.22. The average molecular weight is 313 g/mol. The van der Waals surface area contributed by atoms with Gasteiger partial charge in [-0.25, -0.2) is 0 Å². The molecule has 2 aromatic rings. The molecule has 0 unspecified atom stereocenters. The molecule has 1 N–H and O–H groups in total. The van der Waals surface area contributed by atoms with Gasteiger partial charge in [-0.05, 0) is 40.5 Å². The van der Waals surface area contributed by atoms with Gasteiger partial charge in [0, 0.05) is 17.5 Å². The highest BCUT2D eigenvalue weighted by atomic mass is 79.9. The predicted molar refractivity (Wildman–Crippen MR) is 75.0 cm³/mol. The van der Waals surface area contributed by atoms with E-state index in [1.165, 1.54) is 8.66 Å². The van der Waals surface area contributed by atoms with Crippen LogP contribution in [0, 0.1) is 0 Å². The molecule has 0 aromatic carbocycles. The molecule has 0 amide bonds. The lowest BCUT2D eigenvalue weighted by molar-refractivity contribution is 0.398. The minimum absolute atomic E-state index is 0.633. The Morgan fingerprint density at radius 1 is 1.35 bits per heavy atom. The molecule has 0 spiro atoms. The summed E-state index contributed by atoms with van der Waals surface area (Å²) in [7, 11) is 1.62. The number of aromatic nitrogens is 1. The Hall–Kier alpha value is -1.07. The van der Waals surface area contributed by atoms with E-state index in [2.05, 4.69) is 38.4 Å². The van der Waals surface area contributed by atoms with E-state index < -0.39 is 0 Å². The number of pyridine rings is 1. The monoisotopic (exact) mass is 312 g/mol. The van der Waals surface area contributed by atoms with Gasteiger partial charge in [0.2, 0.25) is 5.88 Å². The average Bonchev–Trinajstić information content (AvgIpc) is 2.75. The van der Waals surface area contributed by atoms with Crippen molar-refractivity contribution in [1.82, 2.24) is 4.98 Å². The molecule has 90 valence electrons. The minimum Gasteiger partial charge on any atom is -0.481 e. The van der Waals surface area contributed by atoms with Crippen LogP contribution in [0.2, 0.25) is 0 Å². The standard InChI is InChI=1S/C12H13BrN2OS/c1-16-12-4-2-3-11(15-12)14-8-7-9-5-6-10(13)17-9/h2-6H,7-8H2,1H3,(H,14,15). The van der Waals surface area contributed by atoms with E-state index in [1.54, 1.807) is 18.4 Å². The van der Waals surface area contributed by atoms with Crippen LogP contribution >= 0.6 is 27.3 Å². The second kappa shape index (κ2) is 6.02. The van der Waals surface area contributed by atoms with Gasteiger partial charge in [-0.1, -0.05) is 6.07 Å². The van der Waals surface area contributed by atoms with Gasteiger partial charge in [-0.2, -0.15) is 4.98 Å². The molecule has 0 radical (unpaired) electrons. The van der Waals surface area contributed by atoms with E-state index in [1.807, 2.05) is 18.2 Å². The molecular weight excluding hydrogens is 300 g/mol. The quantitative estimate of drug-likeness (QED) is 0.916. The summed E-state index contributed by atoms with van der Waals surface area (Å²) in [6.07, 6.45) is 0.995. The largest absolute Gasteiger partial charge is 0.481 e. The Morgan fingerprint density at radius 2 is 2.24 bits per heavy atom. The van der Waals surface area contributed by atoms with Crippen molar-refractivity contribution in [2.24, 2.45) is 0 Å². The number of halogens is 1. The molecule has 0 aliphatic rings. The fraction of sp³-hybridized carbons (Fsp3) is 0.250. The van der Waals surface area contributed by atoms with Gasteiger partial charge in [0.1, 0.15) is 5.82 Å². The summed E-state index contributed by atoms with van der Waals surface area (Å²) in [5.74, 6) is 1.48. The summed E-state index contributed by atoms with van der Waals surface area (Å²) in [6.45, 7) is 0.868. The molecule has 2 heterocycles. The number of nitrogens with one attached hydrogen (secondary N) is 1. The number of hydrogen-bond acceptors (Lipinski definition) is 4. The number of hydrogen-bond donors (Lipinski definition) is 1. The van der Waals surface area contributed by atoms with Crippen LogP contribution in [0.15, 0.2) is 34.1 Å². The van der Waals surface area contributed by atoms with E-state index in [-0.39, 0.29) is 0 Å². The Morgan fingerprint density at radius 3 is 2.94 bits per heavy atom. The van der Waals surface area contributed by atoms with Crippen molar-refractivity contribution >= 4 is 33.1 Å². The number of rotatable bonds is 5. The van der Waals surface area contributed by atoms with Crippen LogP contribution in [-0.4, -0.2) is 18.6 Å². The molecule has 2 aromatic heterocycles. The zero-order valence-corrected chi connectivity index (χ0v) is 11.8. The van der Waals surface area contributed by atoms with Crippen molar-refractivity contribution in [3.05, 3.63) is 39.0 Å². The summed E-state index contributed by atoms with van der Waals surface area (Å²) in [6, 6.07) is 9.91. The van der Waals surface area contributed by atoms with E-state index in [9.17, 15) is 0 Å². The van der Waals surface area contributed by atoms with Gasteiger partial charge in [0.25, 0.3) is 0 Å². The van der Waals surface area contributed by atoms with E-state index in [0.717, 1.165) is 18.8 Å². The fourth-order valence-corrected chi connectivity index (χ4v) is 2.91. The second-order valence-corrected chi connectivity index (χ2v) is 6.00. The number of ether oxygens (including phenoxy) is 1. The lowest BCUT2D eigenvalue weighted by Gasteiger charge is -2.05.